The molecule has 0 radical (unpaired) electrons. The van der Waals surface area contributed by atoms with E-state index in [2.05, 4.69) is 10.6 Å². The zero-order chi connectivity index (χ0) is 21.1. The molecule has 0 unspecified atom stereocenters. The molecular weight excluding hydrogens is 372 g/mol. The average Bonchev–Trinajstić information content (AvgIpc) is 2.73. The van der Waals surface area contributed by atoms with E-state index in [0.717, 1.165) is 5.56 Å². The largest absolute Gasteiger partial charge is 0.494 e. The van der Waals surface area contributed by atoms with E-state index in [-0.39, 0.29) is 6.54 Å². The number of hydrogen-bond acceptors (Lipinski definition) is 5. The third-order valence-corrected chi connectivity index (χ3v) is 3.74. The number of benzene rings is 2. The maximum atomic E-state index is 12.1. The Morgan fingerprint density at radius 1 is 1.03 bits per heavy atom. The van der Waals surface area contributed by atoms with Crippen molar-refractivity contribution < 1.29 is 23.9 Å². The molecule has 2 N–H and O–H groups in total. The van der Waals surface area contributed by atoms with Crippen LogP contribution in [0.1, 0.15) is 19.4 Å². The van der Waals surface area contributed by atoms with Crippen molar-refractivity contribution in [3.63, 3.8) is 0 Å². The number of carbonyl (C=O) groups is 3. The second-order valence-electron chi connectivity index (χ2n) is 6.04. The molecular formula is C22H24N2O5. The van der Waals surface area contributed by atoms with Crippen LogP contribution in [0, 0.1) is 0 Å². The van der Waals surface area contributed by atoms with Crippen molar-refractivity contribution >= 4 is 29.5 Å². The van der Waals surface area contributed by atoms with Crippen LogP contribution in [-0.2, 0) is 19.1 Å². The number of hydrogen-bond donors (Lipinski definition) is 2. The number of rotatable bonds is 9. The summed E-state index contributed by atoms with van der Waals surface area (Å²) in [5.41, 5.74) is 1.42. The molecule has 0 saturated carbocycles. The lowest BCUT2D eigenvalue weighted by Gasteiger charge is -2.14. The van der Waals surface area contributed by atoms with E-state index in [4.69, 9.17) is 9.47 Å². The molecule has 2 aromatic rings. The molecule has 7 nitrogen and oxygen atoms in total. The Kier molecular flexibility index (Phi) is 8.44. The van der Waals surface area contributed by atoms with Gasteiger partial charge in [0, 0.05) is 11.8 Å². The first-order valence-electron chi connectivity index (χ1n) is 9.22. The Labute approximate surface area is 169 Å². The monoisotopic (exact) mass is 396 g/mol. The molecule has 0 aliphatic rings. The minimum atomic E-state index is -1.01. The number of carbonyl (C=O) groups excluding carboxylic acids is 3. The predicted molar refractivity (Wildman–Crippen MR) is 110 cm³/mol. The van der Waals surface area contributed by atoms with Crippen LogP contribution >= 0.6 is 0 Å². The molecule has 0 bridgehead atoms. The Balaban J connectivity index is 1.73. The van der Waals surface area contributed by atoms with Gasteiger partial charge in [-0.3, -0.25) is 14.4 Å². The molecule has 7 heteroatoms. The average molecular weight is 396 g/mol. The summed E-state index contributed by atoms with van der Waals surface area (Å²) in [6, 6.07) is 16.1. The maximum absolute atomic E-state index is 12.1. The van der Waals surface area contributed by atoms with E-state index in [1.807, 2.05) is 37.3 Å². The fourth-order valence-corrected chi connectivity index (χ4v) is 2.29. The van der Waals surface area contributed by atoms with Crippen LogP contribution < -0.4 is 15.4 Å². The molecule has 0 saturated heterocycles. The maximum Gasteiger partial charge on any atom is 0.326 e. The van der Waals surface area contributed by atoms with Gasteiger partial charge in [-0.05, 0) is 49.8 Å². The Hall–Kier alpha value is -3.61. The molecule has 0 spiro atoms. The highest BCUT2D eigenvalue weighted by Gasteiger charge is 2.18. The zero-order valence-corrected chi connectivity index (χ0v) is 16.4. The van der Waals surface area contributed by atoms with Crippen LogP contribution in [0.5, 0.6) is 5.75 Å². The minimum Gasteiger partial charge on any atom is -0.494 e. The van der Waals surface area contributed by atoms with Crippen LogP contribution in [0.25, 0.3) is 6.08 Å². The van der Waals surface area contributed by atoms with Gasteiger partial charge in [0.15, 0.2) is 6.10 Å². The number of amides is 2. The number of anilines is 1. The van der Waals surface area contributed by atoms with Crippen LogP contribution in [-0.4, -0.2) is 37.0 Å². The molecule has 0 aromatic heterocycles. The SMILES string of the molecule is CCOc1ccc(NC(=O)[C@@H](C)OC(=O)CNC(=O)/C=C/c2ccccc2)cc1. The standard InChI is InChI=1S/C22H24N2O5/c1-3-28-19-12-10-18(11-13-19)24-22(27)16(2)29-21(26)15-23-20(25)14-9-17-7-5-4-6-8-17/h4-14,16H,3,15H2,1-2H3,(H,23,25)(H,24,27)/b14-9+/t16-/m1/s1. The number of nitrogens with one attached hydrogen (secondary N) is 2. The third-order valence-electron chi connectivity index (χ3n) is 3.74. The van der Waals surface area contributed by atoms with Crippen molar-refractivity contribution in [3.05, 3.63) is 66.2 Å². The number of esters is 1. The fourth-order valence-electron chi connectivity index (χ4n) is 2.29. The normalized spacial score (nSPS) is 11.5. The van der Waals surface area contributed by atoms with Gasteiger partial charge in [0.25, 0.3) is 5.91 Å². The summed E-state index contributed by atoms with van der Waals surface area (Å²) in [5, 5.41) is 5.07. The van der Waals surface area contributed by atoms with Gasteiger partial charge in [0.05, 0.1) is 6.61 Å². The van der Waals surface area contributed by atoms with Gasteiger partial charge in [-0.15, -0.1) is 0 Å². The van der Waals surface area contributed by atoms with Crippen molar-refractivity contribution in [2.75, 3.05) is 18.5 Å². The molecule has 2 amide bonds. The van der Waals surface area contributed by atoms with E-state index in [1.165, 1.54) is 13.0 Å². The molecule has 2 aromatic carbocycles. The summed E-state index contributed by atoms with van der Waals surface area (Å²) >= 11 is 0. The lowest BCUT2D eigenvalue weighted by Crippen LogP contribution is -2.35. The van der Waals surface area contributed by atoms with Gasteiger partial charge in [-0.25, -0.2) is 0 Å². The molecule has 29 heavy (non-hydrogen) atoms. The summed E-state index contributed by atoms with van der Waals surface area (Å²) in [4.78, 5) is 35.7. The van der Waals surface area contributed by atoms with Crippen molar-refractivity contribution in [1.82, 2.24) is 5.32 Å². The van der Waals surface area contributed by atoms with Crippen LogP contribution in [0.2, 0.25) is 0 Å². The van der Waals surface area contributed by atoms with Crippen molar-refractivity contribution in [2.24, 2.45) is 0 Å². The number of ether oxygens (including phenoxy) is 2. The van der Waals surface area contributed by atoms with Crippen molar-refractivity contribution in [1.29, 1.82) is 0 Å². The second-order valence-corrected chi connectivity index (χ2v) is 6.04. The van der Waals surface area contributed by atoms with Crippen molar-refractivity contribution in [3.8, 4) is 5.75 Å². The molecule has 0 heterocycles. The topological polar surface area (TPSA) is 93.7 Å². The van der Waals surface area contributed by atoms with Crippen molar-refractivity contribution in [2.45, 2.75) is 20.0 Å². The van der Waals surface area contributed by atoms with Gasteiger partial charge in [-0.2, -0.15) is 0 Å². The van der Waals surface area contributed by atoms with Gasteiger partial charge < -0.3 is 20.1 Å². The van der Waals surface area contributed by atoms with Gasteiger partial charge in [0.2, 0.25) is 5.91 Å². The van der Waals surface area contributed by atoms with E-state index < -0.39 is 23.9 Å². The summed E-state index contributed by atoms with van der Waals surface area (Å²) in [6.45, 7) is 3.56. The first kappa shape index (κ1) is 21.7. The minimum absolute atomic E-state index is 0.335. The Morgan fingerprint density at radius 3 is 2.38 bits per heavy atom. The Bertz CT molecular complexity index is 847. The fraction of sp³-hybridized carbons (Fsp3) is 0.227. The van der Waals surface area contributed by atoms with E-state index >= 15 is 0 Å². The van der Waals surface area contributed by atoms with E-state index in [0.29, 0.717) is 18.0 Å². The van der Waals surface area contributed by atoms with Crippen LogP contribution in [0.4, 0.5) is 5.69 Å². The van der Waals surface area contributed by atoms with Crippen LogP contribution in [0.3, 0.4) is 0 Å². The molecule has 2 rings (SSSR count). The predicted octanol–water partition coefficient (Wildman–Crippen LogP) is 2.79. The third kappa shape index (κ3) is 7.88. The highest BCUT2D eigenvalue weighted by atomic mass is 16.5. The first-order valence-corrected chi connectivity index (χ1v) is 9.22. The van der Waals surface area contributed by atoms with Gasteiger partial charge in [0.1, 0.15) is 12.3 Å². The summed E-state index contributed by atoms with van der Waals surface area (Å²) < 4.78 is 10.4. The lowest BCUT2D eigenvalue weighted by atomic mass is 10.2. The molecule has 152 valence electrons. The highest BCUT2D eigenvalue weighted by Crippen LogP contribution is 2.16. The van der Waals surface area contributed by atoms with Gasteiger partial charge >= 0.3 is 5.97 Å². The first-order chi connectivity index (χ1) is 14.0. The highest BCUT2D eigenvalue weighted by molar-refractivity contribution is 5.96. The quantitative estimate of drug-likeness (QED) is 0.502. The molecule has 1 atom stereocenters. The molecule has 0 fully saturated rings. The smallest absolute Gasteiger partial charge is 0.326 e. The molecule has 0 aliphatic carbocycles. The van der Waals surface area contributed by atoms with Crippen LogP contribution in [0.15, 0.2) is 60.7 Å². The van der Waals surface area contributed by atoms with Gasteiger partial charge in [-0.1, -0.05) is 30.3 Å². The summed E-state index contributed by atoms with van der Waals surface area (Å²) in [7, 11) is 0. The summed E-state index contributed by atoms with van der Waals surface area (Å²) in [6.07, 6.45) is 1.95. The lowest BCUT2D eigenvalue weighted by molar-refractivity contribution is -0.152. The Morgan fingerprint density at radius 2 is 1.72 bits per heavy atom. The molecule has 0 aliphatic heterocycles. The summed E-state index contributed by atoms with van der Waals surface area (Å²) in [5.74, 6) is -0.919. The van der Waals surface area contributed by atoms with E-state index in [1.54, 1.807) is 30.3 Å². The van der Waals surface area contributed by atoms with E-state index in [9.17, 15) is 14.4 Å². The second kappa shape index (κ2) is 11.3. The zero-order valence-electron chi connectivity index (χ0n) is 16.4.